The maximum Gasteiger partial charge on any atom is 0.325 e. The number of nitrogens with one attached hydrogen (secondary N) is 2. The van der Waals surface area contributed by atoms with Crippen LogP contribution < -0.4 is 15.5 Å². The third-order valence-corrected chi connectivity index (χ3v) is 6.39. The minimum atomic E-state index is -0.683. The van der Waals surface area contributed by atoms with Gasteiger partial charge in [0.2, 0.25) is 5.91 Å². The fraction of sp³-hybridized carbons (Fsp3) is 0.545. The second-order valence-electron chi connectivity index (χ2n) is 8.28. The molecule has 1 aromatic rings. The standard InChI is InChI=1S/C22H28N4O4/c1-2-18(27)25-13-8-15-14-16(6-7-17(15)25)19(28)23-11-5-12-26-20(29)22(24-21(26)30)9-3-4-10-22/h6-7,14H,2-5,8-13H2,1H3,(H,23,28)(H,24,30). The summed E-state index contributed by atoms with van der Waals surface area (Å²) in [5.41, 5.74) is 1.76. The molecule has 0 radical (unpaired) electrons. The molecule has 8 heteroatoms. The highest BCUT2D eigenvalue weighted by molar-refractivity contribution is 6.07. The van der Waals surface area contributed by atoms with Gasteiger partial charge in [0, 0.05) is 37.3 Å². The number of hydrogen-bond acceptors (Lipinski definition) is 4. The summed E-state index contributed by atoms with van der Waals surface area (Å²) in [7, 11) is 0. The average Bonchev–Trinajstić information content (AvgIpc) is 3.44. The third kappa shape index (κ3) is 3.55. The molecule has 0 unspecified atom stereocenters. The van der Waals surface area contributed by atoms with E-state index in [9.17, 15) is 19.2 Å². The number of urea groups is 1. The predicted octanol–water partition coefficient (Wildman–Crippen LogP) is 1.97. The topological polar surface area (TPSA) is 98.8 Å². The molecular formula is C22H28N4O4. The Morgan fingerprint density at radius 2 is 1.97 bits per heavy atom. The smallest absolute Gasteiger partial charge is 0.325 e. The van der Waals surface area contributed by atoms with Crippen LogP contribution in [-0.4, -0.2) is 53.8 Å². The van der Waals surface area contributed by atoms with Gasteiger partial charge in [-0.1, -0.05) is 19.8 Å². The van der Waals surface area contributed by atoms with Crippen LogP contribution in [0.3, 0.4) is 0 Å². The van der Waals surface area contributed by atoms with Crippen LogP contribution in [0.2, 0.25) is 0 Å². The number of amides is 5. The van der Waals surface area contributed by atoms with Gasteiger partial charge in [-0.15, -0.1) is 0 Å². The number of benzene rings is 1. The summed E-state index contributed by atoms with van der Waals surface area (Å²) in [6.45, 7) is 3.17. The summed E-state index contributed by atoms with van der Waals surface area (Å²) in [5.74, 6) is -0.227. The van der Waals surface area contributed by atoms with Crippen molar-refractivity contribution in [1.29, 1.82) is 0 Å². The molecule has 5 amide bonds. The van der Waals surface area contributed by atoms with E-state index >= 15 is 0 Å². The van der Waals surface area contributed by atoms with Gasteiger partial charge in [0.25, 0.3) is 11.8 Å². The molecule has 4 rings (SSSR count). The van der Waals surface area contributed by atoms with E-state index in [-0.39, 0.29) is 23.8 Å². The number of nitrogens with zero attached hydrogens (tertiary/aromatic N) is 2. The molecule has 0 bridgehead atoms. The summed E-state index contributed by atoms with van der Waals surface area (Å²) < 4.78 is 0. The maximum absolute atomic E-state index is 12.6. The van der Waals surface area contributed by atoms with Gasteiger partial charge >= 0.3 is 6.03 Å². The van der Waals surface area contributed by atoms with Crippen LogP contribution in [0.4, 0.5) is 10.5 Å². The summed E-state index contributed by atoms with van der Waals surface area (Å²) in [6, 6.07) is 5.09. The molecule has 30 heavy (non-hydrogen) atoms. The molecular weight excluding hydrogens is 384 g/mol. The van der Waals surface area contributed by atoms with Crippen molar-refractivity contribution in [3.05, 3.63) is 29.3 Å². The number of imide groups is 1. The Balaban J connectivity index is 1.28. The zero-order chi connectivity index (χ0) is 21.3. The molecule has 160 valence electrons. The van der Waals surface area contributed by atoms with Crippen LogP contribution in [0.5, 0.6) is 0 Å². The lowest BCUT2D eigenvalue weighted by atomic mass is 9.98. The highest BCUT2D eigenvalue weighted by atomic mass is 16.2. The quantitative estimate of drug-likeness (QED) is 0.551. The zero-order valence-corrected chi connectivity index (χ0v) is 17.3. The van der Waals surface area contributed by atoms with Crippen molar-refractivity contribution in [2.75, 3.05) is 24.5 Å². The first-order valence-corrected chi connectivity index (χ1v) is 10.8. The molecule has 1 aliphatic carbocycles. The van der Waals surface area contributed by atoms with Gasteiger partial charge in [0.1, 0.15) is 5.54 Å². The largest absolute Gasteiger partial charge is 0.352 e. The summed E-state index contributed by atoms with van der Waals surface area (Å²) in [5, 5.41) is 5.73. The van der Waals surface area contributed by atoms with Gasteiger partial charge in [0.15, 0.2) is 0 Å². The van der Waals surface area contributed by atoms with Crippen LogP contribution >= 0.6 is 0 Å². The van der Waals surface area contributed by atoms with Crippen LogP contribution in [0.25, 0.3) is 0 Å². The van der Waals surface area contributed by atoms with E-state index in [2.05, 4.69) is 10.6 Å². The van der Waals surface area contributed by atoms with E-state index in [0.717, 1.165) is 30.5 Å². The Hall–Kier alpha value is -2.90. The molecule has 0 atom stereocenters. The molecule has 0 aromatic heterocycles. The monoisotopic (exact) mass is 412 g/mol. The molecule has 1 saturated heterocycles. The fourth-order valence-corrected chi connectivity index (χ4v) is 4.73. The lowest BCUT2D eigenvalue weighted by molar-refractivity contribution is -0.131. The van der Waals surface area contributed by atoms with Crippen molar-refractivity contribution >= 4 is 29.4 Å². The highest BCUT2D eigenvalue weighted by Gasteiger charge is 2.51. The number of carbonyl (C=O) groups excluding carboxylic acids is 4. The van der Waals surface area contributed by atoms with Gasteiger partial charge < -0.3 is 15.5 Å². The van der Waals surface area contributed by atoms with E-state index in [1.165, 1.54) is 4.90 Å². The second kappa shape index (κ2) is 8.08. The molecule has 2 heterocycles. The minimum absolute atomic E-state index is 0.0887. The second-order valence-corrected chi connectivity index (χ2v) is 8.28. The first-order chi connectivity index (χ1) is 14.4. The average molecular weight is 412 g/mol. The SMILES string of the molecule is CCC(=O)N1CCc2cc(C(=O)NCCCN3C(=O)NC4(CCCC4)C3=O)ccc21. The summed E-state index contributed by atoms with van der Waals surface area (Å²) >= 11 is 0. The van der Waals surface area contributed by atoms with Crippen molar-refractivity contribution < 1.29 is 19.2 Å². The Kier molecular flexibility index (Phi) is 5.49. The Labute approximate surface area is 176 Å². The first kappa shape index (κ1) is 20.4. The fourth-order valence-electron chi connectivity index (χ4n) is 4.73. The molecule has 2 fully saturated rings. The Morgan fingerprint density at radius 1 is 1.20 bits per heavy atom. The van der Waals surface area contributed by atoms with Crippen LogP contribution in [-0.2, 0) is 16.0 Å². The Morgan fingerprint density at radius 3 is 2.70 bits per heavy atom. The van der Waals surface area contributed by atoms with Crippen LogP contribution in [0.1, 0.15) is 61.4 Å². The third-order valence-electron chi connectivity index (χ3n) is 6.39. The number of fused-ring (bicyclic) bond motifs is 1. The number of anilines is 1. The van der Waals surface area contributed by atoms with Crippen LogP contribution in [0, 0.1) is 0 Å². The molecule has 1 spiro atoms. The molecule has 1 aromatic carbocycles. The maximum atomic E-state index is 12.6. The minimum Gasteiger partial charge on any atom is -0.352 e. The van der Waals surface area contributed by atoms with Crippen molar-refractivity contribution in [3.8, 4) is 0 Å². The van der Waals surface area contributed by atoms with E-state index in [1.807, 2.05) is 19.1 Å². The van der Waals surface area contributed by atoms with Gasteiger partial charge in [-0.25, -0.2) is 4.79 Å². The van der Waals surface area contributed by atoms with E-state index < -0.39 is 5.54 Å². The van der Waals surface area contributed by atoms with E-state index in [4.69, 9.17) is 0 Å². The molecule has 2 aliphatic heterocycles. The summed E-state index contributed by atoms with van der Waals surface area (Å²) in [6.07, 6.45) is 5.05. The van der Waals surface area contributed by atoms with Crippen molar-refractivity contribution in [2.45, 2.75) is 57.4 Å². The first-order valence-electron chi connectivity index (χ1n) is 10.8. The van der Waals surface area contributed by atoms with Gasteiger partial charge in [-0.05, 0) is 49.4 Å². The van der Waals surface area contributed by atoms with Crippen molar-refractivity contribution in [1.82, 2.24) is 15.5 Å². The molecule has 1 saturated carbocycles. The van der Waals surface area contributed by atoms with Crippen molar-refractivity contribution in [2.24, 2.45) is 0 Å². The Bertz CT molecular complexity index is 891. The van der Waals surface area contributed by atoms with Gasteiger partial charge in [-0.2, -0.15) is 0 Å². The lowest BCUT2D eigenvalue weighted by Gasteiger charge is -2.20. The lowest BCUT2D eigenvalue weighted by Crippen LogP contribution is -2.44. The normalized spacial score (nSPS) is 19.4. The van der Waals surface area contributed by atoms with E-state index in [1.54, 1.807) is 11.0 Å². The molecule has 2 N–H and O–H groups in total. The summed E-state index contributed by atoms with van der Waals surface area (Å²) in [4.78, 5) is 52.3. The molecule has 8 nitrogen and oxygen atoms in total. The predicted molar refractivity (Wildman–Crippen MR) is 111 cm³/mol. The van der Waals surface area contributed by atoms with Crippen LogP contribution in [0.15, 0.2) is 18.2 Å². The number of hydrogen-bond donors (Lipinski definition) is 2. The van der Waals surface area contributed by atoms with Gasteiger partial charge in [0.05, 0.1) is 0 Å². The highest BCUT2D eigenvalue weighted by Crippen LogP contribution is 2.35. The number of rotatable bonds is 6. The van der Waals surface area contributed by atoms with Crippen molar-refractivity contribution in [3.63, 3.8) is 0 Å². The van der Waals surface area contributed by atoms with Gasteiger partial charge in [-0.3, -0.25) is 19.3 Å². The zero-order valence-electron chi connectivity index (χ0n) is 17.3. The number of carbonyl (C=O) groups is 4. The molecule has 3 aliphatic rings. The van der Waals surface area contributed by atoms with E-state index in [0.29, 0.717) is 50.9 Å².